The van der Waals surface area contributed by atoms with E-state index in [-0.39, 0.29) is 47.9 Å². The minimum absolute atomic E-state index is 0.101. The lowest BCUT2D eigenvalue weighted by molar-refractivity contribution is -0.142. The third kappa shape index (κ3) is 2.64. The first kappa shape index (κ1) is 14.7. The molecular weight excluding hydrogens is 292 g/mol. The zero-order valence-electron chi connectivity index (χ0n) is 12.1. The molecule has 0 aromatic carbocycles. The van der Waals surface area contributed by atoms with Crippen molar-refractivity contribution in [3.8, 4) is 0 Å². The van der Waals surface area contributed by atoms with Gasteiger partial charge >= 0.3 is 0 Å². The lowest BCUT2D eigenvalue weighted by atomic mass is 9.85. The average molecular weight is 312 g/mol. The van der Waals surface area contributed by atoms with Crippen LogP contribution >= 0.6 is 0 Å². The van der Waals surface area contributed by atoms with Crippen molar-refractivity contribution >= 4 is 21.7 Å². The summed E-state index contributed by atoms with van der Waals surface area (Å²) in [6.45, 7) is 0.199. The summed E-state index contributed by atoms with van der Waals surface area (Å²) in [5.41, 5.74) is 0. The third-order valence-electron chi connectivity index (χ3n) is 4.80. The second-order valence-electron chi connectivity index (χ2n) is 6.22. The van der Waals surface area contributed by atoms with Gasteiger partial charge < -0.3 is 0 Å². The number of hydrogen-bond donors (Lipinski definition) is 0. The van der Waals surface area contributed by atoms with Gasteiger partial charge in [-0.1, -0.05) is 12.2 Å². The van der Waals surface area contributed by atoms with E-state index in [2.05, 4.69) is 0 Å². The van der Waals surface area contributed by atoms with Gasteiger partial charge in [0.15, 0.2) is 9.84 Å². The van der Waals surface area contributed by atoms with E-state index in [4.69, 9.17) is 0 Å². The van der Waals surface area contributed by atoms with Gasteiger partial charge in [0.2, 0.25) is 11.8 Å². The van der Waals surface area contributed by atoms with Crippen molar-refractivity contribution < 1.29 is 18.0 Å². The first-order chi connectivity index (χ1) is 9.89. The van der Waals surface area contributed by atoms with Crippen LogP contribution in [0.25, 0.3) is 0 Å². The molecule has 0 radical (unpaired) electrons. The second-order valence-corrected chi connectivity index (χ2v) is 8.44. The van der Waals surface area contributed by atoms with Gasteiger partial charge in [0, 0.05) is 6.04 Å². The van der Waals surface area contributed by atoms with Gasteiger partial charge in [0.25, 0.3) is 0 Å². The Bertz CT molecular complexity index is 572. The predicted molar refractivity (Wildman–Crippen MR) is 76.9 cm³/mol. The topological polar surface area (TPSA) is 74.8 Å². The first-order valence-electron chi connectivity index (χ1n) is 7.30. The molecule has 0 spiro atoms. The first-order valence-corrected chi connectivity index (χ1v) is 9.12. The lowest BCUT2D eigenvalue weighted by Gasteiger charge is -2.27. The summed E-state index contributed by atoms with van der Waals surface area (Å²) in [5.74, 6) is -0.344. The molecule has 0 bridgehead atoms. The Balaban J connectivity index is 1.68. The van der Waals surface area contributed by atoms with Gasteiger partial charge in [-0.2, -0.15) is 0 Å². The van der Waals surface area contributed by atoms with Crippen molar-refractivity contribution in [2.45, 2.75) is 25.3 Å². The molecule has 1 aliphatic carbocycles. The number of carbonyl (C=O) groups is 2. The summed E-state index contributed by atoms with van der Waals surface area (Å²) >= 11 is 0. The molecule has 6 nitrogen and oxygen atoms in total. The third-order valence-corrected chi connectivity index (χ3v) is 6.55. The highest BCUT2D eigenvalue weighted by Gasteiger charge is 2.47. The van der Waals surface area contributed by atoms with Crippen LogP contribution in [-0.2, 0) is 19.4 Å². The van der Waals surface area contributed by atoms with E-state index >= 15 is 0 Å². The Kier molecular flexibility index (Phi) is 3.65. The average Bonchev–Trinajstić information content (AvgIpc) is 2.93. The molecule has 0 N–H and O–H groups in total. The number of imide groups is 1. The van der Waals surface area contributed by atoms with Crippen LogP contribution < -0.4 is 0 Å². The second kappa shape index (κ2) is 5.21. The number of nitrogens with zero attached hydrogens (tertiary/aromatic N) is 2. The predicted octanol–water partition coefficient (Wildman–Crippen LogP) is 0.0140. The van der Waals surface area contributed by atoms with Crippen LogP contribution in [0, 0.1) is 11.8 Å². The van der Waals surface area contributed by atoms with E-state index in [1.807, 2.05) is 17.1 Å². The van der Waals surface area contributed by atoms with Gasteiger partial charge in [-0.3, -0.25) is 19.4 Å². The Labute approximate surface area is 124 Å². The molecule has 7 heteroatoms. The van der Waals surface area contributed by atoms with E-state index in [9.17, 15) is 18.0 Å². The van der Waals surface area contributed by atoms with Gasteiger partial charge in [0.05, 0.1) is 30.0 Å². The minimum atomic E-state index is -2.96. The summed E-state index contributed by atoms with van der Waals surface area (Å²) in [6, 6.07) is -0.101. The number of sulfone groups is 1. The zero-order chi connectivity index (χ0) is 15.2. The van der Waals surface area contributed by atoms with Crippen molar-refractivity contribution in [1.82, 2.24) is 9.80 Å². The smallest absolute Gasteiger partial charge is 0.234 e. The number of carbonyl (C=O) groups excluding carboxylic acids is 2. The molecule has 0 aromatic rings. The van der Waals surface area contributed by atoms with E-state index < -0.39 is 9.84 Å². The molecule has 2 amide bonds. The number of likely N-dealkylation sites (tertiary alicyclic amines) is 1. The standard InChI is InChI=1S/C14H20N2O4S/c1-15(10-6-7-21(19,20)8-10)9-16-13(17)11-4-2-3-5-12(11)14(16)18/h2-3,10-12H,4-9H2,1H3/t10-,11-,12+/m0/s1. The Morgan fingerprint density at radius 3 is 2.24 bits per heavy atom. The minimum Gasteiger partial charge on any atom is -0.285 e. The molecule has 116 valence electrons. The summed E-state index contributed by atoms with van der Waals surface area (Å²) in [7, 11) is -1.18. The van der Waals surface area contributed by atoms with Crippen molar-refractivity contribution in [1.29, 1.82) is 0 Å². The van der Waals surface area contributed by atoms with Gasteiger partial charge in [-0.05, 0) is 26.3 Å². The molecule has 0 unspecified atom stereocenters. The fourth-order valence-electron chi connectivity index (χ4n) is 3.47. The SMILES string of the molecule is CN(CN1C(=O)[C@H]2CC=CC[C@H]2C1=O)[C@H]1CCS(=O)(=O)C1. The lowest BCUT2D eigenvalue weighted by Crippen LogP contribution is -2.44. The maximum atomic E-state index is 12.4. The molecule has 0 saturated carbocycles. The molecule has 2 heterocycles. The molecule has 2 saturated heterocycles. The van der Waals surface area contributed by atoms with Crippen molar-refractivity contribution in [2.75, 3.05) is 25.2 Å². The van der Waals surface area contributed by atoms with Crippen molar-refractivity contribution in [2.24, 2.45) is 11.8 Å². The maximum absolute atomic E-state index is 12.4. The number of hydrogen-bond acceptors (Lipinski definition) is 5. The Morgan fingerprint density at radius 2 is 1.76 bits per heavy atom. The number of rotatable bonds is 3. The molecular formula is C14H20N2O4S. The molecule has 21 heavy (non-hydrogen) atoms. The van der Waals surface area contributed by atoms with E-state index in [0.29, 0.717) is 19.3 Å². The summed E-state index contributed by atoms with van der Waals surface area (Å²) < 4.78 is 23.1. The van der Waals surface area contributed by atoms with Gasteiger partial charge in [-0.25, -0.2) is 8.42 Å². The largest absolute Gasteiger partial charge is 0.285 e. The monoisotopic (exact) mass is 312 g/mol. The van der Waals surface area contributed by atoms with Crippen LogP contribution in [0.2, 0.25) is 0 Å². The van der Waals surface area contributed by atoms with Crippen LogP contribution in [0.4, 0.5) is 0 Å². The molecule has 3 rings (SSSR count). The number of allylic oxidation sites excluding steroid dienone is 2. The van der Waals surface area contributed by atoms with Crippen LogP contribution in [-0.4, -0.2) is 61.3 Å². The van der Waals surface area contributed by atoms with E-state index in [0.717, 1.165) is 0 Å². The summed E-state index contributed by atoms with van der Waals surface area (Å²) in [4.78, 5) is 27.8. The van der Waals surface area contributed by atoms with Gasteiger partial charge in [0.1, 0.15) is 0 Å². The zero-order valence-corrected chi connectivity index (χ0v) is 12.9. The highest BCUT2D eigenvalue weighted by atomic mass is 32.2. The normalized spacial score (nSPS) is 34.8. The highest BCUT2D eigenvalue weighted by molar-refractivity contribution is 7.91. The molecule has 2 fully saturated rings. The van der Waals surface area contributed by atoms with E-state index in [1.165, 1.54) is 4.90 Å². The van der Waals surface area contributed by atoms with Crippen LogP contribution in [0.5, 0.6) is 0 Å². The molecule has 2 aliphatic heterocycles. The van der Waals surface area contributed by atoms with Crippen molar-refractivity contribution in [3.05, 3.63) is 12.2 Å². The molecule has 0 aromatic heterocycles. The molecule has 3 aliphatic rings. The van der Waals surface area contributed by atoms with Crippen LogP contribution in [0.1, 0.15) is 19.3 Å². The van der Waals surface area contributed by atoms with Crippen LogP contribution in [0.15, 0.2) is 12.2 Å². The quantitative estimate of drug-likeness (QED) is 0.542. The summed E-state index contributed by atoms with van der Waals surface area (Å²) in [5, 5.41) is 0. The van der Waals surface area contributed by atoms with E-state index in [1.54, 1.807) is 7.05 Å². The summed E-state index contributed by atoms with van der Waals surface area (Å²) in [6.07, 6.45) is 5.76. The fourth-order valence-corrected chi connectivity index (χ4v) is 5.28. The highest BCUT2D eigenvalue weighted by Crippen LogP contribution is 2.35. The Morgan fingerprint density at radius 1 is 1.19 bits per heavy atom. The van der Waals surface area contributed by atoms with Crippen molar-refractivity contribution in [3.63, 3.8) is 0 Å². The van der Waals surface area contributed by atoms with Crippen LogP contribution in [0.3, 0.4) is 0 Å². The Hall–Kier alpha value is -1.21. The number of fused-ring (bicyclic) bond motifs is 1. The van der Waals surface area contributed by atoms with Gasteiger partial charge in [-0.15, -0.1) is 0 Å². The number of amides is 2. The fraction of sp³-hybridized carbons (Fsp3) is 0.714. The maximum Gasteiger partial charge on any atom is 0.234 e. The molecule has 3 atom stereocenters.